The highest BCUT2D eigenvalue weighted by Crippen LogP contribution is 2.21. The van der Waals surface area contributed by atoms with E-state index in [0.29, 0.717) is 5.56 Å². The summed E-state index contributed by atoms with van der Waals surface area (Å²) in [5.41, 5.74) is 0.651. The van der Waals surface area contributed by atoms with Crippen LogP contribution in [0.5, 0.6) is 0 Å². The standard InChI is InChI=1S/C10H14FNO3/c1-6-4-7(10(11)12-5-6)9(15)8(14)2-3-13/h4-5,8-9,13-15H,2-3H2,1H3. The highest BCUT2D eigenvalue weighted by atomic mass is 19.1. The number of halogens is 1. The first-order chi connectivity index (χ1) is 7.06. The molecule has 0 aliphatic rings. The molecule has 3 N–H and O–H groups in total. The number of hydrogen-bond donors (Lipinski definition) is 3. The minimum atomic E-state index is -1.36. The maximum absolute atomic E-state index is 13.2. The van der Waals surface area contributed by atoms with Crippen LogP contribution < -0.4 is 0 Å². The molecule has 2 atom stereocenters. The summed E-state index contributed by atoms with van der Waals surface area (Å²) < 4.78 is 13.2. The van der Waals surface area contributed by atoms with Crippen molar-refractivity contribution in [3.63, 3.8) is 0 Å². The molecule has 0 fully saturated rings. The van der Waals surface area contributed by atoms with Crippen molar-refractivity contribution in [1.82, 2.24) is 4.98 Å². The molecule has 1 aromatic heterocycles. The summed E-state index contributed by atoms with van der Waals surface area (Å²) in [6.07, 6.45) is -1.21. The van der Waals surface area contributed by atoms with Crippen LogP contribution in [0.15, 0.2) is 12.3 Å². The van der Waals surface area contributed by atoms with Gasteiger partial charge in [-0.3, -0.25) is 0 Å². The van der Waals surface area contributed by atoms with Crippen molar-refractivity contribution in [3.8, 4) is 0 Å². The highest BCUT2D eigenvalue weighted by Gasteiger charge is 2.21. The van der Waals surface area contributed by atoms with Crippen LogP contribution >= 0.6 is 0 Å². The summed E-state index contributed by atoms with van der Waals surface area (Å²) in [7, 11) is 0. The van der Waals surface area contributed by atoms with E-state index in [0.717, 1.165) is 0 Å². The Morgan fingerprint density at radius 1 is 1.47 bits per heavy atom. The fourth-order valence-electron chi connectivity index (χ4n) is 1.28. The molecule has 1 heterocycles. The number of aliphatic hydroxyl groups is 3. The SMILES string of the molecule is Cc1cnc(F)c(C(O)C(O)CCO)c1. The third-order valence-electron chi connectivity index (χ3n) is 2.11. The second-order valence-corrected chi connectivity index (χ2v) is 3.42. The van der Waals surface area contributed by atoms with Gasteiger partial charge in [0.25, 0.3) is 0 Å². The zero-order chi connectivity index (χ0) is 11.4. The first-order valence-electron chi connectivity index (χ1n) is 4.65. The van der Waals surface area contributed by atoms with Crippen LogP contribution in [0.1, 0.15) is 23.7 Å². The number of nitrogens with zero attached hydrogens (tertiary/aromatic N) is 1. The first kappa shape index (κ1) is 12.0. The largest absolute Gasteiger partial charge is 0.396 e. The summed E-state index contributed by atoms with van der Waals surface area (Å²) >= 11 is 0. The lowest BCUT2D eigenvalue weighted by molar-refractivity contribution is 0.00193. The molecular formula is C10H14FNO3. The lowest BCUT2D eigenvalue weighted by Crippen LogP contribution is -2.21. The molecule has 0 radical (unpaired) electrons. The van der Waals surface area contributed by atoms with Crippen LogP contribution in [-0.2, 0) is 0 Å². The summed E-state index contributed by atoms with van der Waals surface area (Å²) in [5, 5.41) is 27.5. The predicted octanol–water partition coefficient (Wildman–Crippen LogP) is 0.306. The maximum Gasteiger partial charge on any atom is 0.218 e. The Morgan fingerprint density at radius 2 is 2.13 bits per heavy atom. The Morgan fingerprint density at radius 3 is 2.73 bits per heavy atom. The van der Waals surface area contributed by atoms with Gasteiger partial charge in [-0.25, -0.2) is 4.98 Å². The van der Waals surface area contributed by atoms with Crippen molar-refractivity contribution < 1.29 is 19.7 Å². The van der Waals surface area contributed by atoms with Gasteiger partial charge in [-0.1, -0.05) is 0 Å². The van der Waals surface area contributed by atoms with Crippen molar-refractivity contribution in [2.45, 2.75) is 25.6 Å². The van der Waals surface area contributed by atoms with Gasteiger partial charge in [0.2, 0.25) is 5.95 Å². The molecule has 0 aromatic carbocycles. The summed E-state index contributed by atoms with van der Waals surface area (Å²) in [6, 6.07) is 1.42. The van der Waals surface area contributed by atoms with Gasteiger partial charge in [-0.2, -0.15) is 4.39 Å². The topological polar surface area (TPSA) is 73.6 Å². The predicted molar refractivity (Wildman–Crippen MR) is 51.6 cm³/mol. The Kier molecular flexibility index (Phi) is 4.14. The van der Waals surface area contributed by atoms with Crippen LogP contribution in [0.2, 0.25) is 0 Å². The van der Waals surface area contributed by atoms with E-state index in [1.807, 2.05) is 0 Å². The van der Waals surface area contributed by atoms with E-state index >= 15 is 0 Å². The molecule has 1 aromatic rings. The lowest BCUT2D eigenvalue weighted by Gasteiger charge is -2.17. The van der Waals surface area contributed by atoms with Crippen molar-refractivity contribution in [3.05, 3.63) is 29.3 Å². The average molecular weight is 215 g/mol. The quantitative estimate of drug-likeness (QED) is 0.632. The molecule has 0 bridgehead atoms. The number of aliphatic hydroxyl groups excluding tert-OH is 3. The molecular weight excluding hydrogens is 201 g/mol. The molecule has 84 valence electrons. The van der Waals surface area contributed by atoms with E-state index in [2.05, 4.69) is 4.98 Å². The number of aromatic nitrogens is 1. The van der Waals surface area contributed by atoms with E-state index in [9.17, 15) is 14.6 Å². The average Bonchev–Trinajstić information content (AvgIpc) is 2.21. The van der Waals surface area contributed by atoms with Gasteiger partial charge in [-0.15, -0.1) is 0 Å². The fraction of sp³-hybridized carbons (Fsp3) is 0.500. The monoisotopic (exact) mass is 215 g/mol. The Hall–Kier alpha value is -1.04. The van der Waals surface area contributed by atoms with Gasteiger partial charge in [-0.05, 0) is 25.0 Å². The molecule has 0 amide bonds. The van der Waals surface area contributed by atoms with E-state index in [1.54, 1.807) is 6.92 Å². The van der Waals surface area contributed by atoms with Gasteiger partial charge in [0, 0.05) is 18.4 Å². The van der Waals surface area contributed by atoms with E-state index < -0.39 is 18.2 Å². The van der Waals surface area contributed by atoms with Crippen molar-refractivity contribution >= 4 is 0 Å². The van der Waals surface area contributed by atoms with Crippen LogP contribution in [0, 0.1) is 12.9 Å². The Balaban J connectivity index is 2.89. The van der Waals surface area contributed by atoms with Gasteiger partial charge < -0.3 is 15.3 Å². The molecule has 0 aliphatic carbocycles. The lowest BCUT2D eigenvalue weighted by atomic mass is 10.0. The van der Waals surface area contributed by atoms with Crippen molar-refractivity contribution in [2.75, 3.05) is 6.61 Å². The van der Waals surface area contributed by atoms with Crippen molar-refractivity contribution in [2.24, 2.45) is 0 Å². The number of aryl methyl sites for hydroxylation is 1. The second-order valence-electron chi connectivity index (χ2n) is 3.42. The first-order valence-corrected chi connectivity index (χ1v) is 4.65. The van der Waals surface area contributed by atoms with Gasteiger partial charge in [0.05, 0.1) is 6.10 Å². The normalized spacial score (nSPS) is 15.0. The molecule has 2 unspecified atom stereocenters. The molecule has 0 saturated heterocycles. The van der Waals surface area contributed by atoms with E-state index in [1.165, 1.54) is 12.3 Å². The maximum atomic E-state index is 13.2. The second kappa shape index (κ2) is 5.16. The van der Waals surface area contributed by atoms with Crippen LogP contribution in [-0.4, -0.2) is 33.0 Å². The molecule has 0 saturated carbocycles. The minimum absolute atomic E-state index is 0.00541. The summed E-state index contributed by atoms with van der Waals surface area (Å²) in [6.45, 7) is 1.44. The highest BCUT2D eigenvalue weighted by molar-refractivity contribution is 5.21. The van der Waals surface area contributed by atoms with E-state index in [-0.39, 0.29) is 18.6 Å². The zero-order valence-corrected chi connectivity index (χ0v) is 8.39. The molecule has 4 nitrogen and oxygen atoms in total. The minimum Gasteiger partial charge on any atom is -0.396 e. The summed E-state index contributed by atoms with van der Waals surface area (Å²) in [4.78, 5) is 3.44. The van der Waals surface area contributed by atoms with Crippen LogP contribution in [0.4, 0.5) is 4.39 Å². The van der Waals surface area contributed by atoms with Gasteiger partial charge >= 0.3 is 0 Å². The van der Waals surface area contributed by atoms with Crippen LogP contribution in [0.3, 0.4) is 0 Å². The van der Waals surface area contributed by atoms with Gasteiger partial charge in [0.15, 0.2) is 0 Å². The number of pyridine rings is 1. The van der Waals surface area contributed by atoms with E-state index in [4.69, 9.17) is 5.11 Å². The molecule has 5 heteroatoms. The zero-order valence-electron chi connectivity index (χ0n) is 8.39. The third kappa shape index (κ3) is 2.95. The number of rotatable bonds is 4. The van der Waals surface area contributed by atoms with Crippen LogP contribution in [0.25, 0.3) is 0 Å². The molecule has 15 heavy (non-hydrogen) atoms. The third-order valence-corrected chi connectivity index (χ3v) is 2.11. The molecule has 1 rings (SSSR count). The molecule has 0 spiro atoms. The Labute approximate surface area is 87.0 Å². The fourth-order valence-corrected chi connectivity index (χ4v) is 1.28. The summed E-state index contributed by atoms with van der Waals surface area (Å²) in [5.74, 6) is -0.801. The smallest absolute Gasteiger partial charge is 0.218 e. The Bertz CT molecular complexity index is 332. The van der Waals surface area contributed by atoms with Crippen molar-refractivity contribution in [1.29, 1.82) is 0 Å². The van der Waals surface area contributed by atoms with Gasteiger partial charge in [0.1, 0.15) is 6.10 Å². The molecule has 0 aliphatic heterocycles. The number of hydrogen-bond acceptors (Lipinski definition) is 4.